The summed E-state index contributed by atoms with van der Waals surface area (Å²) < 4.78 is 19.8. The maximum absolute atomic E-state index is 12.9. The summed E-state index contributed by atoms with van der Waals surface area (Å²) in [5.41, 5.74) is 6.42. The van der Waals surface area contributed by atoms with E-state index in [0.29, 0.717) is 19.4 Å². The van der Waals surface area contributed by atoms with Crippen molar-refractivity contribution in [3.8, 4) is 28.0 Å². The van der Waals surface area contributed by atoms with Crippen LogP contribution >= 0.6 is 0 Å². The lowest BCUT2D eigenvalue weighted by atomic mass is 9.93. The van der Waals surface area contributed by atoms with E-state index in [0.717, 1.165) is 66.5 Å². The zero-order valence-electron chi connectivity index (χ0n) is 27.4. The molecular formula is C35H48N4O4Si. The van der Waals surface area contributed by atoms with Crippen molar-refractivity contribution in [2.24, 2.45) is 0 Å². The second-order valence-corrected chi connectivity index (χ2v) is 20.6. The van der Waals surface area contributed by atoms with Gasteiger partial charge in [0.05, 0.1) is 6.20 Å². The first kappa shape index (κ1) is 30.7. The summed E-state index contributed by atoms with van der Waals surface area (Å²) in [5, 5.41) is 4.52. The van der Waals surface area contributed by atoms with Gasteiger partial charge in [0.15, 0.2) is 0 Å². The molecule has 2 bridgehead atoms. The second kappa shape index (κ2) is 11.9. The summed E-state index contributed by atoms with van der Waals surface area (Å²) in [6.45, 7) is 14.7. The second-order valence-electron chi connectivity index (χ2n) is 15.0. The Morgan fingerprint density at radius 1 is 1.05 bits per heavy atom. The fourth-order valence-electron chi connectivity index (χ4n) is 6.79. The number of carbonyl (C=O) groups excluding carboxylic acids is 1. The Morgan fingerprint density at radius 3 is 2.48 bits per heavy atom. The molecule has 2 aromatic carbocycles. The molecule has 0 N–H and O–H groups in total. The van der Waals surface area contributed by atoms with E-state index in [2.05, 4.69) is 79.3 Å². The summed E-state index contributed by atoms with van der Waals surface area (Å²) in [4.78, 5) is 17.3. The number of fused-ring (bicyclic) bond motifs is 5. The lowest BCUT2D eigenvalue weighted by Gasteiger charge is -2.43. The molecule has 8 nitrogen and oxygen atoms in total. The van der Waals surface area contributed by atoms with Crippen LogP contribution in [0, 0.1) is 0 Å². The molecule has 1 aromatic heterocycles. The standard InChI is InChI=1S/C35H48N4O4Si/c1-35(2,3)43-34(40)39-28-9-10-29(39)18-30(17-28)37(4)27-11-13-32-31-12-8-24(16-25(31)22-42-33(32)19-27)26-20-36-38(21-26)23-41-14-15-44(5,6)7/h8,11-13,16,19-21,28-30H,9-10,14-15,17-18,22-23H2,1-7H3/t28-,29+,30?. The summed E-state index contributed by atoms with van der Waals surface area (Å²) in [6, 6.07) is 15.2. The van der Waals surface area contributed by atoms with E-state index in [1.807, 2.05) is 36.5 Å². The Balaban J connectivity index is 1.11. The molecule has 4 heterocycles. The number of hydrogen-bond donors (Lipinski definition) is 0. The summed E-state index contributed by atoms with van der Waals surface area (Å²) in [7, 11) is 1.08. The van der Waals surface area contributed by atoms with E-state index in [1.165, 1.54) is 11.1 Å². The molecule has 6 rings (SSSR count). The van der Waals surface area contributed by atoms with Gasteiger partial charge in [0, 0.05) is 68.9 Å². The summed E-state index contributed by atoms with van der Waals surface area (Å²) in [5.74, 6) is 0.923. The molecule has 3 aromatic rings. The minimum Gasteiger partial charge on any atom is -0.488 e. The lowest BCUT2D eigenvalue weighted by Crippen LogP contribution is -2.53. The Bertz CT molecular complexity index is 1490. The van der Waals surface area contributed by atoms with Crippen molar-refractivity contribution in [2.75, 3.05) is 18.6 Å². The van der Waals surface area contributed by atoms with Gasteiger partial charge in [-0.25, -0.2) is 9.48 Å². The van der Waals surface area contributed by atoms with Gasteiger partial charge in [0.2, 0.25) is 0 Å². The number of aromatic nitrogens is 2. The number of nitrogens with zero attached hydrogens (tertiary/aromatic N) is 4. The molecule has 236 valence electrons. The van der Waals surface area contributed by atoms with E-state index >= 15 is 0 Å². The highest BCUT2D eigenvalue weighted by Crippen LogP contribution is 2.43. The van der Waals surface area contributed by atoms with E-state index in [9.17, 15) is 4.79 Å². The maximum atomic E-state index is 12.9. The summed E-state index contributed by atoms with van der Waals surface area (Å²) >= 11 is 0. The third-order valence-electron chi connectivity index (χ3n) is 9.20. The van der Waals surface area contributed by atoms with Crippen LogP contribution in [0.25, 0.3) is 22.3 Å². The maximum Gasteiger partial charge on any atom is 0.410 e. The number of piperidine rings is 1. The van der Waals surface area contributed by atoms with E-state index in [4.69, 9.17) is 14.2 Å². The number of anilines is 1. The Morgan fingerprint density at radius 2 is 1.77 bits per heavy atom. The molecule has 2 fully saturated rings. The van der Waals surface area contributed by atoms with Gasteiger partial charge in [-0.1, -0.05) is 31.8 Å². The normalized spacial score (nSPS) is 21.0. The number of rotatable bonds is 8. The van der Waals surface area contributed by atoms with Gasteiger partial charge >= 0.3 is 6.09 Å². The van der Waals surface area contributed by atoms with Gasteiger partial charge in [-0.15, -0.1) is 0 Å². The average molecular weight is 617 g/mol. The van der Waals surface area contributed by atoms with Crippen molar-refractivity contribution < 1.29 is 19.0 Å². The van der Waals surface area contributed by atoms with Crippen molar-refractivity contribution in [3.05, 3.63) is 54.4 Å². The largest absolute Gasteiger partial charge is 0.488 e. The molecule has 2 saturated heterocycles. The minimum atomic E-state index is -1.10. The van der Waals surface area contributed by atoms with Crippen molar-refractivity contribution in [2.45, 2.75) is 109 Å². The van der Waals surface area contributed by atoms with Crippen molar-refractivity contribution in [3.63, 3.8) is 0 Å². The van der Waals surface area contributed by atoms with Gasteiger partial charge in [-0.05, 0) is 87.4 Å². The molecule has 1 unspecified atom stereocenters. The van der Waals surface area contributed by atoms with Crippen molar-refractivity contribution in [1.29, 1.82) is 0 Å². The Labute approximate surface area is 263 Å². The highest BCUT2D eigenvalue weighted by atomic mass is 28.3. The monoisotopic (exact) mass is 616 g/mol. The van der Waals surface area contributed by atoms with Crippen LogP contribution in [0.4, 0.5) is 10.5 Å². The number of benzene rings is 2. The lowest BCUT2D eigenvalue weighted by molar-refractivity contribution is 0.00599. The predicted octanol–water partition coefficient (Wildman–Crippen LogP) is 7.79. The highest BCUT2D eigenvalue weighted by molar-refractivity contribution is 6.76. The number of hydrogen-bond acceptors (Lipinski definition) is 6. The molecule has 9 heteroatoms. The van der Waals surface area contributed by atoms with Crippen LogP contribution in [-0.2, 0) is 22.8 Å². The van der Waals surface area contributed by atoms with Crippen LogP contribution in [0.15, 0.2) is 48.8 Å². The fraction of sp³-hybridized carbons (Fsp3) is 0.543. The van der Waals surface area contributed by atoms with Crippen LogP contribution in [0.2, 0.25) is 25.7 Å². The smallest absolute Gasteiger partial charge is 0.410 e. The van der Waals surface area contributed by atoms with E-state index in [-0.39, 0.29) is 18.2 Å². The van der Waals surface area contributed by atoms with Crippen LogP contribution in [0.5, 0.6) is 5.75 Å². The zero-order chi connectivity index (χ0) is 31.2. The number of ether oxygens (including phenoxy) is 3. The molecule has 0 aliphatic carbocycles. The SMILES string of the molecule is CN(c1ccc2c(c1)OCc1cc(-c3cnn(COCC[Si](C)(C)C)c3)ccc1-2)C1C[C@H]2CC[C@@H](C1)N2C(=O)OC(C)(C)C. The van der Waals surface area contributed by atoms with E-state index < -0.39 is 13.7 Å². The summed E-state index contributed by atoms with van der Waals surface area (Å²) in [6.07, 6.45) is 7.81. The topological polar surface area (TPSA) is 69.1 Å². The molecule has 44 heavy (non-hydrogen) atoms. The van der Waals surface area contributed by atoms with Crippen LogP contribution < -0.4 is 9.64 Å². The average Bonchev–Trinajstić information content (AvgIpc) is 3.54. The Hall–Kier alpha value is -3.30. The van der Waals surface area contributed by atoms with Crippen LogP contribution in [0.3, 0.4) is 0 Å². The van der Waals surface area contributed by atoms with Crippen molar-refractivity contribution >= 4 is 19.9 Å². The molecule has 3 atom stereocenters. The first-order valence-corrected chi connectivity index (χ1v) is 19.8. The minimum absolute atomic E-state index is 0.161. The van der Waals surface area contributed by atoms with E-state index in [1.54, 1.807) is 0 Å². The predicted molar refractivity (Wildman–Crippen MR) is 178 cm³/mol. The fourth-order valence-corrected chi connectivity index (χ4v) is 7.55. The number of amides is 1. The van der Waals surface area contributed by atoms with Gasteiger partial charge in [-0.2, -0.15) is 5.10 Å². The molecule has 3 aliphatic rings. The first-order valence-electron chi connectivity index (χ1n) is 16.1. The molecular weight excluding hydrogens is 568 g/mol. The zero-order valence-corrected chi connectivity index (χ0v) is 28.4. The molecule has 1 amide bonds. The Kier molecular flexibility index (Phi) is 8.30. The third-order valence-corrected chi connectivity index (χ3v) is 10.9. The van der Waals surface area contributed by atoms with Gasteiger partial charge in [0.25, 0.3) is 0 Å². The van der Waals surface area contributed by atoms with Gasteiger partial charge in [-0.3, -0.25) is 0 Å². The number of carbonyl (C=O) groups is 1. The van der Waals surface area contributed by atoms with Gasteiger partial charge in [0.1, 0.15) is 24.7 Å². The molecule has 3 aliphatic heterocycles. The molecule has 0 spiro atoms. The third kappa shape index (κ3) is 6.69. The van der Waals surface area contributed by atoms with Crippen LogP contribution in [0.1, 0.15) is 52.0 Å². The molecule has 0 saturated carbocycles. The highest BCUT2D eigenvalue weighted by Gasteiger charge is 2.45. The molecule has 0 radical (unpaired) electrons. The first-order chi connectivity index (χ1) is 20.8. The van der Waals surface area contributed by atoms with Crippen molar-refractivity contribution in [1.82, 2.24) is 14.7 Å². The van der Waals surface area contributed by atoms with Crippen LogP contribution in [-0.4, -0.2) is 66.2 Å². The quantitative estimate of drug-likeness (QED) is 0.190. The van der Waals surface area contributed by atoms with Gasteiger partial charge < -0.3 is 24.0 Å².